The molecule has 6 rings (SSSR count). The number of pyridine rings is 1. The largest absolute Gasteiger partial charge is 0.352 e. The van der Waals surface area contributed by atoms with Gasteiger partial charge in [0.05, 0.1) is 0 Å². The van der Waals surface area contributed by atoms with Gasteiger partial charge in [-0.25, -0.2) is 0 Å². The highest BCUT2D eigenvalue weighted by Crippen LogP contribution is 2.69. The molecule has 0 saturated heterocycles. The molecule has 0 aliphatic heterocycles. The number of nitrogens with zero attached hydrogens (tertiary/aromatic N) is 1. The van der Waals surface area contributed by atoms with Crippen LogP contribution in [0.5, 0.6) is 0 Å². The van der Waals surface area contributed by atoms with Crippen LogP contribution in [0.15, 0.2) is 59.7 Å². The molecule has 2 amide bonds. The molecular weight excluding hydrogens is 414 g/mol. The van der Waals surface area contributed by atoms with Crippen LogP contribution in [0.25, 0.3) is 0 Å². The smallest absolute Gasteiger partial charge is 0.256 e. The Morgan fingerprint density at radius 3 is 2.39 bits per heavy atom. The van der Waals surface area contributed by atoms with Crippen molar-refractivity contribution in [1.29, 1.82) is 0 Å². The van der Waals surface area contributed by atoms with E-state index in [0.29, 0.717) is 36.3 Å². The van der Waals surface area contributed by atoms with Crippen LogP contribution in [0.4, 0.5) is 0 Å². The zero-order valence-corrected chi connectivity index (χ0v) is 18.6. The van der Waals surface area contributed by atoms with E-state index >= 15 is 0 Å². The maximum absolute atomic E-state index is 13.1. The van der Waals surface area contributed by atoms with E-state index in [9.17, 15) is 14.4 Å². The summed E-state index contributed by atoms with van der Waals surface area (Å²) < 4.78 is 1.77. The minimum Gasteiger partial charge on any atom is -0.352 e. The minimum atomic E-state index is -0.499. The lowest BCUT2D eigenvalue weighted by molar-refractivity contribution is 0.0942. The van der Waals surface area contributed by atoms with Crippen molar-refractivity contribution in [3.8, 4) is 0 Å². The molecule has 1 spiro atoms. The van der Waals surface area contributed by atoms with Gasteiger partial charge in [-0.3, -0.25) is 14.4 Å². The number of amides is 2. The van der Waals surface area contributed by atoms with Crippen molar-refractivity contribution >= 4 is 11.8 Å². The van der Waals surface area contributed by atoms with Gasteiger partial charge in [-0.15, -0.1) is 0 Å². The van der Waals surface area contributed by atoms with Crippen molar-refractivity contribution in [1.82, 2.24) is 15.2 Å². The van der Waals surface area contributed by atoms with Crippen molar-refractivity contribution in [2.45, 2.75) is 44.7 Å². The van der Waals surface area contributed by atoms with E-state index in [4.69, 9.17) is 0 Å². The number of benzene rings is 1. The Kier molecular flexibility index (Phi) is 4.78. The second kappa shape index (κ2) is 7.72. The predicted molar refractivity (Wildman–Crippen MR) is 125 cm³/mol. The van der Waals surface area contributed by atoms with Crippen LogP contribution in [-0.2, 0) is 6.54 Å². The molecular formula is C27H29N3O3. The van der Waals surface area contributed by atoms with Crippen LogP contribution in [-0.4, -0.2) is 29.0 Å². The highest BCUT2D eigenvalue weighted by Gasteiger charge is 2.62. The third-order valence-corrected chi connectivity index (χ3v) is 8.06. The lowest BCUT2D eigenvalue weighted by Gasteiger charge is -2.20. The van der Waals surface area contributed by atoms with Crippen LogP contribution in [0, 0.1) is 23.2 Å². The molecule has 4 aliphatic carbocycles. The number of hydrogen-bond donors (Lipinski definition) is 2. The first-order valence-corrected chi connectivity index (χ1v) is 12.1. The normalized spacial score (nSPS) is 25.9. The third kappa shape index (κ3) is 3.71. The molecule has 1 aromatic carbocycles. The SMILES string of the molecule is O=C(NC[C@@H]1C[C@H]2C=C[C@H]1C21CC1)c1cn(Cc2ccccc2)cc(C(=O)NC2CC2)c1=O. The third-order valence-electron chi connectivity index (χ3n) is 8.06. The van der Waals surface area contributed by atoms with Gasteiger partial charge in [0, 0.05) is 31.5 Å². The van der Waals surface area contributed by atoms with Crippen LogP contribution < -0.4 is 16.1 Å². The highest BCUT2D eigenvalue weighted by molar-refractivity contribution is 5.99. The number of nitrogens with one attached hydrogen (secondary N) is 2. The second-order valence-electron chi connectivity index (χ2n) is 10.3. The lowest BCUT2D eigenvalue weighted by atomic mass is 9.89. The van der Waals surface area contributed by atoms with E-state index < -0.39 is 11.3 Å². The number of carbonyl (C=O) groups is 2. The van der Waals surface area contributed by atoms with Gasteiger partial charge in [0.1, 0.15) is 11.1 Å². The van der Waals surface area contributed by atoms with E-state index in [0.717, 1.165) is 24.8 Å². The molecule has 33 heavy (non-hydrogen) atoms. The summed E-state index contributed by atoms with van der Waals surface area (Å²) in [5.74, 6) is 0.849. The summed E-state index contributed by atoms with van der Waals surface area (Å²) >= 11 is 0. The number of hydrogen-bond acceptors (Lipinski definition) is 3. The molecule has 0 radical (unpaired) electrons. The van der Waals surface area contributed by atoms with Crippen molar-refractivity contribution in [3.05, 3.63) is 81.8 Å². The molecule has 2 aromatic rings. The summed E-state index contributed by atoms with van der Waals surface area (Å²) in [6.07, 6.45) is 13.4. The summed E-state index contributed by atoms with van der Waals surface area (Å²) in [6.45, 7) is 1.05. The predicted octanol–water partition coefficient (Wildman–Crippen LogP) is 3.12. The lowest BCUT2D eigenvalue weighted by Crippen LogP contribution is -2.38. The van der Waals surface area contributed by atoms with E-state index in [1.165, 1.54) is 12.8 Å². The zero-order chi connectivity index (χ0) is 22.6. The molecule has 2 N–H and O–H groups in total. The number of aromatic nitrogens is 1. The molecule has 1 heterocycles. The minimum absolute atomic E-state index is 0.0327. The van der Waals surface area contributed by atoms with E-state index in [2.05, 4.69) is 22.8 Å². The number of allylic oxidation sites excluding steroid dienone is 2. The van der Waals surface area contributed by atoms with Gasteiger partial charge in [-0.2, -0.15) is 0 Å². The summed E-state index contributed by atoms with van der Waals surface area (Å²) in [5.41, 5.74) is 1.07. The fraction of sp³-hybridized carbons (Fsp3) is 0.444. The first kappa shape index (κ1) is 20.5. The molecule has 4 aliphatic rings. The van der Waals surface area contributed by atoms with Gasteiger partial charge >= 0.3 is 0 Å². The first-order chi connectivity index (χ1) is 16.0. The van der Waals surface area contributed by atoms with Crippen molar-refractivity contribution in [2.75, 3.05) is 6.54 Å². The Bertz CT molecular complexity index is 1190. The summed E-state index contributed by atoms with van der Waals surface area (Å²) in [6, 6.07) is 9.94. The van der Waals surface area contributed by atoms with Crippen molar-refractivity contribution < 1.29 is 9.59 Å². The maximum Gasteiger partial charge on any atom is 0.256 e. The van der Waals surface area contributed by atoms with Gasteiger partial charge in [0.2, 0.25) is 5.43 Å². The van der Waals surface area contributed by atoms with Crippen molar-refractivity contribution in [2.24, 2.45) is 23.2 Å². The zero-order valence-electron chi connectivity index (χ0n) is 18.6. The van der Waals surface area contributed by atoms with Gasteiger partial charge in [-0.05, 0) is 60.8 Å². The second-order valence-corrected chi connectivity index (χ2v) is 10.3. The van der Waals surface area contributed by atoms with Crippen LogP contribution in [0.1, 0.15) is 58.4 Å². The van der Waals surface area contributed by atoms with Crippen molar-refractivity contribution in [3.63, 3.8) is 0 Å². The fourth-order valence-electron chi connectivity index (χ4n) is 6.01. The molecule has 3 saturated carbocycles. The van der Waals surface area contributed by atoms with Gasteiger partial charge < -0.3 is 15.2 Å². The van der Waals surface area contributed by atoms with Crippen LogP contribution >= 0.6 is 0 Å². The summed E-state index contributed by atoms with van der Waals surface area (Å²) in [4.78, 5) is 39.1. The highest BCUT2D eigenvalue weighted by atomic mass is 16.2. The fourth-order valence-corrected chi connectivity index (χ4v) is 6.01. The summed E-state index contributed by atoms with van der Waals surface area (Å²) in [5, 5.41) is 5.91. The van der Waals surface area contributed by atoms with E-state index in [-0.39, 0.29) is 23.1 Å². The van der Waals surface area contributed by atoms with E-state index in [1.807, 2.05) is 30.3 Å². The molecule has 3 atom stereocenters. The molecule has 0 unspecified atom stereocenters. The van der Waals surface area contributed by atoms with Gasteiger partial charge in [0.25, 0.3) is 11.8 Å². The van der Waals surface area contributed by atoms with E-state index in [1.54, 1.807) is 17.0 Å². The Morgan fingerprint density at radius 2 is 1.73 bits per heavy atom. The molecule has 3 fully saturated rings. The molecule has 2 bridgehead atoms. The Labute approximate surface area is 193 Å². The van der Waals surface area contributed by atoms with Gasteiger partial charge in [-0.1, -0.05) is 42.5 Å². The Balaban J connectivity index is 1.24. The van der Waals surface area contributed by atoms with Crippen LogP contribution in [0.2, 0.25) is 0 Å². The molecule has 170 valence electrons. The Hall–Kier alpha value is -3.15. The topological polar surface area (TPSA) is 80.2 Å². The Morgan fingerprint density at radius 1 is 1.00 bits per heavy atom. The molecule has 6 heteroatoms. The maximum atomic E-state index is 13.1. The van der Waals surface area contributed by atoms with Gasteiger partial charge in [0.15, 0.2) is 0 Å². The average molecular weight is 444 g/mol. The molecule has 6 nitrogen and oxygen atoms in total. The number of carbonyl (C=O) groups excluding carboxylic acids is 2. The standard InChI is InChI=1S/C27H29N3O3/c31-24-21(25(32)28-13-18-12-19-6-9-23(18)27(19)10-11-27)15-30(14-17-4-2-1-3-5-17)16-22(24)26(33)29-20-7-8-20/h1-6,9,15-16,18-20,23H,7-8,10-14H2,(H,28,32)(H,29,33)/t18-,19+,23+/m0/s1. The first-order valence-electron chi connectivity index (χ1n) is 12.1. The average Bonchev–Trinajstić information content (AvgIpc) is 3.73. The van der Waals surface area contributed by atoms with Crippen LogP contribution in [0.3, 0.4) is 0 Å². The number of rotatable bonds is 7. The molecule has 1 aromatic heterocycles. The quantitative estimate of drug-likeness (QED) is 0.646. The monoisotopic (exact) mass is 443 g/mol. The summed E-state index contributed by atoms with van der Waals surface area (Å²) in [7, 11) is 0.